The van der Waals surface area contributed by atoms with E-state index in [4.69, 9.17) is 5.73 Å². The molecule has 5 heteroatoms. The summed E-state index contributed by atoms with van der Waals surface area (Å²) in [5.74, 6) is -0.415. The van der Waals surface area contributed by atoms with E-state index in [9.17, 15) is 4.79 Å². The third-order valence-electron chi connectivity index (χ3n) is 3.37. The lowest BCUT2D eigenvalue weighted by Crippen LogP contribution is -2.11. The average molecular weight is 297 g/mol. The molecule has 1 aliphatic rings. The topological polar surface area (TPSA) is 68.9 Å². The number of benzene rings is 1. The fourth-order valence-corrected chi connectivity index (χ4v) is 5.16. The Labute approximate surface area is 124 Å². The van der Waals surface area contributed by atoms with Gasteiger partial charge < -0.3 is 5.73 Å². The second-order valence-electron chi connectivity index (χ2n) is 4.81. The standard InChI is InChI=1S/C16H15N3OS/c1-12-2-4-14(5-3-12)21(15-6-8-18-11-19-15)9-7-13(10-21)16(17)20/h2-11H,1H3,(H2,17,20). The van der Waals surface area contributed by atoms with Crippen molar-refractivity contribution in [1.29, 1.82) is 0 Å². The van der Waals surface area contributed by atoms with Gasteiger partial charge in [0, 0.05) is 16.7 Å². The number of nitrogens with zero attached hydrogens (tertiary/aromatic N) is 2. The Balaban J connectivity index is 2.20. The Morgan fingerprint density at radius 2 is 1.95 bits per heavy atom. The summed E-state index contributed by atoms with van der Waals surface area (Å²) in [7, 11) is -1.62. The van der Waals surface area contributed by atoms with Crippen LogP contribution in [0, 0.1) is 6.92 Å². The molecule has 0 saturated heterocycles. The number of primary amides is 1. The summed E-state index contributed by atoms with van der Waals surface area (Å²) in [5.41, 5.74) is 7.14. The molecule has 1 aromatic carbocycles. The van der Waals surface area contributed by atoms with Gasteiger partial charge in [-0.3, -0.25) is 4.79 Å². The van der Waals surface area contributed by atoms with Crippen LogP contribution in [0.3, 0.4) is 0 Å². The van der Waals surface area contributed by atoms with Crippen LogP contribution in [0.1, 0.15) is 5.56 Å². The fourth-order valence-electron chi connectivity index (χ4n) is 2.24. The number of rotatable bonds is 3. The quantitative estimate of drug-likeness (QED) is 0.886. The Kier molecular flexibility index (Phi) is 3.35. The normalized spacial score (nSPS) is 23.4. The molecule has 21 heavy (non-hydrogen) atoms. The van der Waals surface area contributed by atoms with Gasteiger partial charge in [0.25, 0.3) is 0 Å². The van der Waals surface area contributed by atoms with Crippen molar-refractivity contribution < 1.29 is 4.79 Å². The van der Waals surface area contributed by atoms with Crippen molar-refractivity contribution in [1.82, 2.24) is 9.97 Å². The van der Waals surface area contributed by atoms with Gasteiger partial charge in [0.1, 0.15) is 6.33 Å². The first-order chi connectivity index (χ1) is 10.1. The van der Waals surface area contributed by atoms with Crippen molar-refractivity contribution >= 4 is 15.9 Å². The predicted octanol–water partition coefficient (Wildman–Crippen LogP) is 2.90. The molecule has 1 unspecified atom stereocenters. The van der Waals surface area contributed by atoms with Gasteiger partial charge in [-0.25, -0.2) is 9.97 Å². The number of carbonyl (C=O) groups excluding carboxylic acids is 1. The summed E-state index contributed by atoms with van der Waals surface area (Å²) in [4.78, 5) is 21.0. The van der Waals surface area contributed by atoms with E-state index < -0.39 is 15.9 Å². The first-order valence-corrected chi connectivity index (χ1v) is 8.23. The number of hydrogen-bond acceptors (Lipinski definition) is 3. The Morgan fingerprint density at radius 3 is 2.52 bits per heavy atom. The maximum atomic E-state index is 11.5. The largest absolute Gasteiger partial charge is 0.366 e. The average Bonchev–Trinajstić information content (AvgIpc) is 2.96. The van der Waals surface area contributed by atoms with E-state index in [2.05, 4.69) is 34.2 Å². The van der Waals surface area contributed by atoms with E-state index >= 15 is 0 Å². The van der Waals surface area contributed by atoms with Crippen LogP contribution in [0.4, 0.5) is 0 Å². The lowest BCUT2D eigenvalue weighted by molar-refractivity contribution is -0.114. The minimum atomic E-state index is -1.62. The van der Waals surface area contributed by atoms with Crippen molar-refractivity contribution in [2.45, 2.75) is 16.8 Å². The minimum Gasteiger partial charge on any atom is -0.366 e. The van der Waals surface area contributed by atoms with Gasteiger partial charge in [0.05, 0.1) is 5.03 Å². The van der Waals surface area contributed by atoms with E-state index in [-0.39, 0.29) is 0 Å². The number of aryl methyl sites for hydroxylation is 1. The molecule has 0 aliphatic carbocycles. The molecular formula is C16H15N3OS. The van der Waals surface area contributed by atoms with Gasteiger partial charge in [-0.05, 0) is 42.0 Å². The van der Waals surface area contributed by atoms with Crippen molar-refractivity contribution in [2.75, 3.05) is 0 Å². The van der Waals surface area contributed by atoms with Gasteiger partial charge in [-0.15, -0.1) is 10.0 Å². The van der Waals surface area contributed by atoms with Crippen LogP contribution in [0.25, 0.3) is 0 Å². The Hall–Kier alpha value is -2.40. The molecule has 4 nitrogen and oxygen atoms in total. The third kappa shape index (κ3) is 2.36. The molecule has 1 aliphatic heterocycles. The van der Waals surface area contributed by atoms with Gasteiger partial charge in [0.15, 0.2) is 0 Å². The van der Waals surface area contributed by atoms with E-state index in [1.807, 2.05) is 23.8 Å². The number of nitrogens with two attached hydrogens (primary N) is 1. The van der Waals surface area contributed by atoms with E-state index in [0.29, 0.717) is 5.57 Å². The van der Waals surface area contributed by atoms with Gasteiger partial charge in [-0.2, -0.15) is 0 Å². The van der Waals surface area contributed by atoms with Crippen LogP contribution in [-0.4, -0.2) is 15.9 Å². The van der Waals surface area contributed by atoms with E-state index in [0.717, 1.165) is 9.92 Å². The van der Waals surface area contributed by atoms with E-state index in [1.54, 1.807) is 12.3 Å². The maximum absolute atomic E-state index is 11.5. The van der Waals surface area contributed by atoms with Crippen LogP contribution in [0.5, 0.6) is 0 Å². The third-order valence-corrected chi connectivity index (χ3v) is 6.55. The maximum Gasteiger partial charge on any atom is 0.249 e. The molecule has 2 N–H and O–H groups in total. The monoisotopic (exact) mass is 297 g/mol. The smallest absolute Gasteiger partial charge is 0.249 e. The SMILES string of the molecule is Cc1ccc(S2(c3ccncn3)C=CC(C(N)=O)=C2)cc1. The molecule has 3 rings (SSSR count). The lowest BCUT2D eigenvalue weighted by atomic mass is 10.2. The van der Waals surface area contributed by atoms with Crippen LogP contribution in [-0.2, 0) is 4.79 Å². The number of amides is 1. The molecule has 106 valence electrons. The highest BCUT2D eigenvalue weighted by atomic mass is 32.3. The van der Waals surface area contributed by atoms with Crippen LogP contribution in [0.2, 0.25) is 0 Å². The fraction of sp³-hybridized carbons (Fsp3) is 0.0625. The summed E-state index contributed by atoms with van der Waals surface area (Å²) in [6, 6.07) is 10.2. The summed E-state index contributed by atoms with van der Waals surface area (Å²) in [6.07, 6.45) is 5.04. The zero-order valence-corrected chi connectivity index (χ0v) is 12.4. The van der Waals surface area contributed by atoms with E-state index in [1.165, 1.54) is 11.9 Å². The minimum absolute atomic E-state index is 0.415. The molecular weight excluding hydrogens is 282 g/mol. The zero-order chi connectivity index (χ0) is 14.9. The molecule has 2 aromatic rings. The molecule has 0 radical (unpaired) electrons. The van der Waals surface area contributed by atoms with Crippen LogP contribution < -0.4 is 5.73 Å². The number of aromatic nitrogens is 2. The first-order valence-electron chi connectivity index (χ1n) is 6.47. The van der Waals surface area contributed by atoms with Crippen molar-refractivity contribution in [2.24, 2.45) is 5.73 Å². The Bertz CT molecular complexity index is 738. The van der Waals surface area contributed by atoms with Crippen LogP contribution >= 0.6 is 10.0 Å². The molecule has 1 amide bonds. The first kappa shape index (κ1) is 13.6. The summed E-state index contributed by atoms with van der Waals surface area (Å²) >= 11 is 0. The van der Waals surface area contributed by atoms with Gasteiger partial charge in [-0.1, -0.05) is 17.7 Å². The zero-order valence-electron chi connectivity index (χ0n) is 11.6. The molecule has 0 spiro atoms. The van der Waals surface area contributed by atoms with Gasteiger partial charge in [0.2, 0.25) is 5.91 Å². The second-order valence-corrected chi connectivity index (χ2v) is 7.63. The molecule has 2 heterocycles. The second kappa shape index (κ2) is 5.18. The highest BCUT2D eigenvalue weighted by molar-refractivity contribution is 8.38. The van der Waals surface area contributed by atoms with Gasteiger partial charge >= 0.3 is 0 Å². The van der Waals surface area contributed by atoms with Crippen LogP contribution in [0.15, 0.2) is 75.2 Å². The number of hydrogen-bond donors (Lipinski definition) is 1. The van der Waals surface area contributed by atoms with Crippen molar-refractivity contribution in [3.8, 4) is 0 Å². The summed E-state index contributed by atoms with van der Waals surface area (Å²) < 4.78 is 0. The molecule has 1 aromatic heterocycles. The molecule has 0 bridgehead atoms. The lowest BCUT2D eigenvalue weighted by Gasteiger charge is -2.31. The molecule has 0 saturated carbocycles. The highest BCUT2D eigenvalue weighted by Crippen LogP contribution is 2.67. The Morgan fingerprint density at radius 1 is 1.19 bits per heavy atom. The highest BCUT2D eigenvalue weighted by Gasteiger charge is 2.30. The summed E-state index contributed by atoms with van der Waals surface area (Å²) in [6.45, 7) is 2.05. The molecule has 0 fully saturated rings. The summed E-state index contributed by atoms with van der Waals surface area (Å²) in [5, 5.41) is 4.89. The van der Waals surface area contributed by atoms with Crippen molar-refractivity contribution in [3.63, 3.8) is 0 Å². The van der Waals surface area contributed by atoms with Crippen molar-refractivity contribution in [3.05, 3.63) is 70.9 Å². The molecule has 1 atom stereocenters. The predicted molar refractivity (Wildman–Crippen MR) is 83.8 cm³/mol. The number of carbonyl (C=O) groups is 1.